The molecule has 19 heavy (non-hydrogen) atoms. The van der Waals surface area contributed by atoms with Gasteiger partial charge in [0.1, 0.15) is 5.60 Å². The molecule has 1 amide bonds. The highest BCUT2D eigenvalue weighted by molar-refractivity contribution is 7.19. The fourth-order valence-electron chi connectivity index (χ4n) is 2.08. The van der Waals surface area contributed by atoms with Gasteiger partial charge in [-0.05, 0) is 37.3 Å². The molecule has 1 aromatic carbocycles. The summed E-state index contributed by atoms with van der Waals surface area (Å²) in [5, 5.41) is 14.5. The highest BCUT2D eigenvalue weighted by Crippen LogP contribution is 2.33. The van der Waals surface area contributed by atoms with Crippen molar-refractivity contribution >= 4 is 27.3 Å². The second-order valence-corrected chi connectivity index (χ2v) is 6.50. The van der Waals surface area contributed by atoms with E-state index in [0.717, 1.165) is 27.8 Å². The van der Waals surface area contributed by atoms with E-state index >= 15 is 0 Å². The van der Waals surface area contributed by atoms with Crippen LogP contribution in [0.25, 0.3) is 10.1 Å². The summed E-state index contributed by atoms with van der Waals surface area (Å²) >= 11 is 1.58. The minimum atomic E-state index is -1.01. The summed E-state index contributed by atoms with van der Waals surface area (Å²) in [5.41, 5.74) is -1.01. The van der Waals surface area contributed by atoms with Crippen LogP contribution in [0, 0.1) is 5.92 Å². The van der Waals surface area contributed by atoms with Crippen LogP contribution in [-0.4, -0.2) is 17.6 Å². The molecule has 1 atom stereocenters. The van der Waals surface area contributed by atoms with Crippen molar-refractivity contribution in [2.75, 3.05) is 6.54 Å². The van der Waals surface area contributed by atoms with Crippen LogP contribution < -0.4 is 5.32 Å². The van der Waals surface area contributed by atoms with Crippen LogP contribution in [0.4, 0.5) is 0 Å². The molecule has 1 aliphatic carbocycles. The first kappa shape index (κ1) is 12.6. The fourth-order valence-corrected chi connectivity index (χ4v) is 3.19. The van der Waals surface area contributed by atoms with Crippen molar-refractivity contribution in [2.24, 2.45) is 5.92 Å². The summed E-state index contributed by atoms with van der Waals surface area (Å²) in [4.78, 5) is 12.5. The fraction of sp³-hybridized carbons (Fsp3) is 0.400. The van der Waals surface area contributed by atoms with E-state index < -0.39 is 5.60 Å². The minimum Gasteiger partial charge on any atom is -0.383 e. The molecule has 2 aromatic rings. The predicted molar refractivity (Wildman–Crippen MR) is 77.1 cm³/mol. The van der Waals surface area contributed by atoms with Gasteiger partial charge in [0.2, 0.25) is 5.91 Å². The number of rotatable bonds is 4. The maximum atomic E-state index is 11.6. The van der Waals surface area contributed by atoms with E-state index in [1.165, 1.54) is 0 Å². The topological polar surface area (TPSA) is 49.3 Å². The van der Waals surface area contributed by atoms with Crippen LogP contribution in [0.1, 0.15) is 24.6 Å². The number of fused-ring (bicyclic) bond motifs is 1. The average molecular weight is 275 g/mol. The lowest BCUT2D eigenvalue weighted by Gasteiger charge is -2.22. The quantitative estimate of drug-likeness (QED) is 0.901. The molecule has 0 saturated heterocycles. The van der Waals surface area contributed by atoms with Gasteiger partial charge < -0.3 is 10.4 Å². The number of benzene rings is 1. The minimum absolute atomic E-state index is 0.0707. The Bertz CT molecular complexity index is 580. The molecule has 1 fully saturated rings. The van der Waals surface area contributed by atoms with Crippen molar-refractivity contribution in [3.05, 3.63) is 35.2 Å². The van der Waals surface area contributed by atoms with Crippen molar-refractivity contribution in [3.63, 3.8) is 0 Å². The van der Waals surface area contributed by atoms with Gasteiger partial charge in [-0.3, -0.25) is 4.79 Å². The number of carbonyl (C=O) groups is 1. The van der Waals surface area contributed by atoms with Gasteiger partial charge in [-0.1, -0.05) is 18.2 Å². The lowest BCUT2D eigenvalue weighted by Crippen LogP contribution is -2.38. The summed E-state index contributed by atoms with van der Waals surface area (Å²) in [7, 11) is 0. The van der Waals surface area contributed by atoms with Crippen LogP contribution in [0.15, 0.2) is 30.3 Å². The van der Waals surface area contributed by atoms with E-state index in [0.29, 0.717) is 0 Å². The van der Waals surface area contributed by atoms with Crippen LogP contribution in [0.3, 0.4) is 0 Å². The third kappa shape index (κ3) is 2.65. The summed E-state index contributed by atoms with van der Waals surface area (Å²) in [6.45, 7) is 2.03. The largest absolute Gasteiger partial charge is 0.383 e. The monoisotopic (exact) mass is 275 g/mol. The molecule has 2 N–H and O–H groups in total. The van der Waals surface area contributed by atoms with Gasteiger partial charge in [-0.15, -0.1) is 11.3 Å². The Morgan fingerprint density at radius 1 is 1.47 bits per heavy atom. The molecule has 0 unspecified atom stereocenters. The lowest BCUT2D eigenvalue weighted by atomic mass is 10.0. The first-order valence-corrected chi connectivity index (χ1v) is 7.37. The van der Waals surface area contributed by atoms with Crippen LogP contribution in [0.5, 0.6) is 0 Å². The number of aliphatic hydroxyl groups is 1. The van der Waals surface area contributed by atoms with Crippen LogP contribution in [0.2, 0.25) is 0 Å². The Kier molecular flexibility index (Phi) is 3.07. The van der Waals surface area contributed by atoms with Gasteiger partial charge in [0.25, 0.3) is 0 Å². The number of carbonyl (C=O) groups excluding carboxylic acids is 1. The zero-order chi connectivity index (χ0) is 13.5. The molecule has 0 bridgehead atoms. The summed E-state index contributed by atoms with van der Waals surface area (Å²) < 4.78 is 1.16. The molecule has 0 aliphatic heterocycles. The lowest BCUT2D eigenvalue weighted by molar-refractivity contribution is -0.123. The Morgan fingerprint density at radius 3 is 2.89 bits per heavy atom. The molecular weight excluding hydrogens is 258 g/mol. The highest BCUT2D eigenvalue weighted by Gasteiger charge is 2.32. The highest BCUT2D eigenvalue weighted by atomic mass is 32.1. The van der Waals surface area contributed by atoms with Crippen molar-refractivity contribution in [1.82, 2.24) is 5.32 Å². The molecule has 3 rings (SSSR count). The van der Waals surface area contributed by atoms with E-state index in [9.17, 15) is 9.90 Å². The normalized spacial score (nSPS) is 18.2. The molecule has 0 radical (unpaired) electrons. The second kappa shape index (κ2) is 4.62. The van der Waals surface area contributed by atoms with Gasteiger partial charge in [0, 0.05) is 15.5 Å². The van der Waals surface area contributed by atoms with E-state index in [1.807, 2.05) is 30.3 Å². The van der Waals surface area contributed by atoms with E-state index in [-0.39, 0.29) is 18.4 Å². The summed E-state index contributed by atoms with van der Waals surface area (Å²) in [6.07, 6.45) is 1.97. The van der Waals surface area contributed by atoms with Gasteiger partial charge in [0.05, 0.1) is 6.54 Å². The Labute approximate surface area is 116 Å². The standard InChI is InChI=1S/C15H17NO2S/c1-15(18,9-16-14(17)10-6-7-10)13-8-11-4-2-3-5-12(11)19-13/h2-5,8,10,18H,6-7,9H2,1H3,(H,16,17)/t15-/m0/s1. The second-order valence-electron chi connectivity index (χ2n) is 5.41. The molecule has 100 valence electrons. The van der Waals surface area contributed by atoms with Gasteiger partial charge in [0.15, 0.2) is 0 Å². The smallest absolute Gasteiger partial charge is 0.223 e. The number of hydrogen-bond acceptors (Lipinski definition) is 3. The van der Waals surface area contributed by atoms with E-state index in [4.69, 9.17) is 0 Å². The maximum absolute atomic E-state index is 11.6. The molecule has 1 aromatic heterocycles. The van der Waals surface area contributed by atoms with Gasteiger partial charge in [-0.2, -0.15) is 0 Å². The zero-order valence-electron chi connectivity index (χ0n) is 10.8. The number of nitrogens with one attached hydrogen (secondary N) is 1. The molecule has 3 nitrogen and oxygen atoms in total. The number of hydrogen-bond donors (Lipinski definition) is 2. The van der Waals surface area contributed by atoms with Crippen LogP contribution in [-0.2, 0) is 10.4 Å². The van der Waals surface area contributed by atoms with Crippen molar-refractivity contribution in [2.45, 2.75) is 25.4 Å². The zero-order valence-corrected chi connectivity index (χ0v) is 11.7. The van der Waals surface area contributed by atoms with Crippen molar-refractivity contribution in [1.29, 1.82) is 0 Å². The Balaban J connectivity index is 1.76. The SMILES string of the molecule is C[C@](O)(CNC(=O)C1CC1)c1cc2ccccc2s1. The third-order valence-electron chi connectivity index (χ3n) is 3.51. The number of thiophene rings is 1. The molecule has 1 heterocycles. The van der Waals surface area contributed by atoms with Gasteiger partial charge >= 0.3 is 0 Å². The third-order valence-corrected chi connectivity index (χ3v) is 4.88. The van der Waals surface area contributed by atoms with Crippen molar-refractivity contribution in [3.8, 4) is 0 Å². The Morgan fingerprint density at radius 2 is 2.21 bits per heavy atom. The maximum Gasteiger partial charge on any atom is 0.223 e. The summed E-state index contributed by atoms with van der Waals surface area (Å²) in [6, 6.07) is 10.1. The average Bonchev–Trinajstić information content (AvgIpc) is 3.14. The Hall–Kier alpha value is -1.39. The summed E-state index contributed by atoms with van der Waals surface area (Å²) in [5.74, 6) is 0.250. The molecule has 1 aliphatic rings. The molecule has 1 saturated carbocycles. The molecule has 4 heteroatoms. The van der Waals surface area contributed by atoms with E-state index in [2.05, 4.69) is 5.32 Å². The van der Waals surface area contributed by atoms with Crippen LogP contribution >= 0.6 is 11.3 Å². The predicted octanol–water partition coefficient (Wildman–Crippen LogP) is 2.64. The van der Waals surface area contributed by atoms with Gasteiger partial charge in [-0.25, -0.2) is 0 Å². The van der Waals surface area contributed by atoms with E-state index in [1.54, 1.807) is 18.3 Å². The first-order valence-electron chi connectivity index (χ1n) is 6.55. The first-order chi connectivity index (χ1) is 9.06. The number of amides is 1. The van der Waals surface area contributed by atoms with Crippen molar-refractivity contribution < 1.29 is 9.90 Å². The molecule has 0 spiro atoms. The molecular formula is C15H17NO2S.